The second kappa shape index (κ2) is 9.47. The first-order valence-electron chi connectivity index (χ1n) is 9.27. The number of rotatable bonds is 7. The summed E-state index contributed by atoms with van der Waals surface area (Å²) < 4.78 is 17.6. The lowest BCUT2D eigenvalue weighted by molar-refractivity contribution is 0.168. The van der Waals surface area contributed by atoms with Crippen molar-refractivity contribution in [3.8, 4) is 22.6 Å². The zero-order chi connectivity index (χ0) is 21.7. The zero-order valence-electron chi connectivity index (χ0n) is 18.1. The molecule has 0 saturated heterocycles. The van der Waals surface area contributed by atoms with Crippen molar-refractivity contribution in [3.63, 3.8) is 0 Å². The van der Waals surface area contributed by atoms with Crippen LogP contribution >= 0.6 is 0 Å². The van der Waals surface area contributed by atoms with Crippen LogP contribution in [0.5, 0.6) is 11.5 Å². The Morgan fingerprint density at radius 3 is 2.24 bits per heavy atom. The number of nitrogens with one attached hydrogen (secondary N) is 1. The first-order valence-corrected chi connectivity index (χ1v) is 9.27. The molecule has 158 valence electrons. The molecule has 1 aromatic heterocycles. The molecule has 0 spiro atoms. The number of hydrogen-bond acceptors (Lipinski definition) is 6. The molecule has 1 amide bonds. The minimum absolute atomic E-state index is 0.179. The van der Waals surface area contributed by atoms with Gasteiger partial charge in [0.2, 0.25) is 0 Å². The van der Waals surface area contributed by atoms with E-state index in [1.165, 1.54) is 4.57 Å². The van der Waals surface area contributed by atoms with Crippen molar-refractivity contribution in [2.24, 2.45) is 7.05 Å². The molecule has 0 fully saturated rings. The quantitative estimate of drug-likeness (QED) is 0.765. The van der Waals surface area contributed by atoms with Crippen LogP contribution < -0.4 is 20.3 Å². The summed E-state index contributed by atoms with van der Waals surface area (Å²) in [6, 6.07) is 3.81. The number of carbonyl (C=O) groups is 1. The number of ether oxygens (including phenoxy) is 3. The molecule has 29 heavy (non-hydrogen) atoms. The van der Waals surface area contributed by atoms with Gasteiger partial charge in [-0.15, -0.1) is 0 Å². The van der Waals surface area contributed by atoms with Crippen molar-refractivity contribution < 1.29 is 19.0 Å². The van der Waals surface area contributed by atoms with Crippen LogP contribution in [0.25, 0.3) is 11.1 Å². The maximum absolute atomic E-state index is 12.6. The highest BCUT2D eigenvalue weighted by molar-refractivity contribution is 5.87. The number of amides is 1. The smallest absolute Gasteiger partial charge is 0.411 e. The fourth-order valence-electron chi connectivity index (χ4n) is 3.14. The summed E-state index contributed by atoms with van der Waals surface area (Å²) in [6.45, 7) is 4.35. The summed E-state index contributed by atoms with van der Waals surface area (Å²) in [5, 5.41) is 2.56. The Labute approximate surface area is 171 Å². The van der Waals surface area contributed by atoms with Crippen molar-refractivity contribution in [1.82, 2.24) is 9.47 Å². The van der Waals surface area contributed by atoms with Gasteiger partial charge in [0, 0.05) is 25.4 Å². The van der Waals surface area contributed by atoms with E-state index in [2.05, 4.69) is 5.32 Å². The number of pyridine rings is 1. The third-order valence-corrected chi connectivity index (χ3v) is 4.53. The molecular formula is C21H29N3O5. The number of benzene rings is 1. The van der Waals surface area contributed by atoms with E-state index < -0.39 is 6.09 Å². The number of nitrogens with zero attached hydrogens (tertiary/aromatic N) is 2. The van der Waals surface area contributed by atoms with Crippen LogP contribution in [0.4, 0.5) is 10.5 Å². The topological polar surface area (TPSA) is 82.0 Å². The first-order chi connectivity index (χ1) is 13.7. The second-order valence-corrected chi connectivity index (χ2v) is 6.90. The number of aryl methyl sites for hydroxylation is 1. The Morgan fingerprint density at radius 2 is 1.76 bits per heavy atom. The molecular weight excluding hydrogens is 374 g/mol. The van der Waals surface area contributed by atoms with Crippen molar-refractivity contribution in [3.05, 3.63) is 39.8 Å². The van der Waals surface area contributed by atoms with Crippen LogP contribution in [0.3, 0.4) is 0 Å². The lowest BCUT2D eigenvalue weighted by Gasteiger charge is -2.20. The van der Waals surface area contributed by atoms with Crippen molar-refractivity contribution in [2.75, 3.05) is 40.2 Å². The van der Waals surface area contributed by atoms with Gasteiger partial charge in [-0.3, -0.25) is 10.1 Å². The molecule has 0 saturated carbocycles. The molecule has 1 N–H and O–H groups in total. The summed E-state index contributed by atoms with van der Waals surface area (Å²) in [6.07, 6.45) is 1.06. The fraction of sp³-hybridized carbons (Fsp3) is 0.429. The second-order valence-electron chi connectivity index (χ2n) is 6.90. The molecule has 8 nitrogen and oxygen atoms in total. The molecule has 1 aromatic carbocycles. The van der Waals surface area contributed by atoms with Crippen LogP contribution in [0.15, 0.2) is 23.1 Å². The highest BCUT2D eigenvalue weighted by Crippen LogP contribution is 2.37. The molecule has 8 heteroatoms. The number of anilines is 1. The van der Waals surface area contributed by atoms with Gasteiger partial charge >= 0.3 is 6.09 Å². The maximum Gasteiger partial charge on any atom is 0.411 e. The van der Waals surface area contributed by atoms with E-state index in [4.69, 9.17) is 14.2 Å². The van der Waals surface area contributed by atoms with E-state index in [0.717, 1.165) is 16.7 Å². The van der Waals surface area contributed by atoms with E-state index in [9.17, 15) is 9.59 Å². The number of aromatic nitrogens is 1. The van der Waals surface area contributed by atoms with E-state index in [0.29, 0.717) is 23.6 Å². The van der Waals surface area contributed by atoms with Gasteiger partial charge in [-0.2, -0.15) is 0 Å². The number of carbonyl (C=O) groups excluding carboxylic acids is 1. The van der Waals surface area contributed by atoms with Crippen LogP contribution in [0.2, 0.25) is 0 Å². The number of methoxy groups -OCH3 is 2. The minimum Gasteiger partial charge on any atom is -0.496 e. The lowest BCUT2D eigenvalue weighted by Crippen LogP contribution is -2.26. The Hall–Kier alpha value is -3.00. The van der Waals surface area contributed by atoms with Gasteiger partial charge < -0.3 is 23.7 Å². The van der Waals surface area contributed by atoms with Gasteiger partial charge in [0.15, 0.2) is 0 Å². The molecule has 2 aromatic rings. The normalized spacial score (nSPS) is 10.8. The van der Waals surface area contributed by atoms with Gasteiger partial charge in [-0.1, -0.05) is 0 Å². The van der Waals surface area contributed by atoms with Gasteiger partial charge in [0.25, 0.3) is 5.56 Å². The highest BCUT2D eigenvalue weighted by Gasteiger charge is 2.19. The average Bonchev–Trinajstić information content (AvgIpc) is 2.68. The summed E-state index contributed by atoms with van der Waals surface area (Å²) in [4.78, 5) is 26.5. The number of hydrogen-bond donors (Lipinski definition) is 1. The minimum atomic E-state index is -0.665. The largest absolute Gasteiger partial charge is 0.496 e. The summed E-state index contributed by atoms with van der Waals surface area (Å²) in [5.74, 6) is 1.36. The molecule has 2 rings (SSSR count). The lowest BCUT2D eigenvalue weighted by atomic mass is 9.98. The molecule has 1 heterocycles. The monoisotopic (exact) mass is 403 g/mol. The Morgan fingerprint density at radius 1 is 1.17 bits per heavy atom. The SMILES string of the molecule is CCOC(=O)Nc1c(C)c(-c2cc(OC)c(CN(C)C)c(OC)c2)cn(C)c1=O. The van der Waals surface area contributed by atoms with E-state index in [1.807, 2.05) is 31.1 Å². The van der Waals surface area contributed by atoms with E-state index in [1.54, 1.807) is 41.3 Å². The third-order valence-electron chi connectivity index (χ3n) is 4.53. The fourth-order valence-corrected chi connectivity index (χ4v) is 3.14. The molecule has 0 unspecified atom stereocenters. The maximum atomic E-state index is 12.6. The van der Waals surface area contributed by atoms with Gasteiger partial charge in [0.05, 0.1) is 26.4 Å². The molecule has 0 aliphatic carbocycles. The summed E-state index contributed by atoms with van der Waals surface area (Å²) in [5.41, 5.74) is 3.00. The van der Waals surface area contributed by atoms with Gasteiger partial charge in [-0.05, 0) is 51.2 Å². The molecule has 0 radical (unpaired) electrons. The van der Waals surface area contributed by atoms with Crippen molar-refractivity contribution in [1.29, 1.82) is 0 Å². The van der Waals surface area contributed by atoms with Crippen molar-refractivity contribution >= 4 is 11.8 Å². The molecule has 0 aliphatic heterocycles. The van der Waals surface area contributed by atoms with Crippen LogP contribution in [-0.4, -0.2) is 50.5 Å². The predicted octanol–water partition coefficient (Wildman–Crippen LogP) is 3.01. The Balaban J connectivity index is 2.66. The van der Waals surface area contributed by atoms with E-state index >= 15 is 0 Å². The zero-order valence-corrected chi connectivity index (χ0v) is 18.1. The van der Waals surface area contributed by atoms with Crippen LogP contribution in [0.1, 0.15) is 18.1 Å². The standard InChI is InChI=1S/C21H29N3O5/c1-8-29-21(26)22-19-13(2)15(12-24(5)20(19)25)14-9-17(27-6)16(11-23(3)4)18(10-14)28-7/h9-10,12H,8,11H2,1-7H3,(H,22,26). The Kier molecular flexibility index (Phi) is 7.28. The Bertz CT molecular complexity index is 925. The summed E-state index contributed by atoms with van der Waals surface area (Å²) >= 11 is 0. The average molecular weight is 403 g/mol. The van der Waals surface area contributed by atoms with E-state index in [-0.39, 0.29) is 17.9 Å². The first kappa shape index (κ1) is 22.3. The predicted molar refractivity (Wildman–Crippen MR) is 113 cm³/mol. The summed E-state index contributed by atoms with van der Waals surface area (Å²) in [7, 11) is 8.79. The molecule has 0 aliphatic rings. The van der Waals surface area contributed by atoms with Gasteiger partial charge in [-0.25, -0.2) is 4.79 Å². The van der Waals surface area contributed by atoms with Crippen LogP contribution in [-0.2, 0) is 18.3 Å². The van der Waals surface area contributed by atoms with Gasteiger partial charge in [0.1, 0.15) is 17.2 Å². The highest BCUT2D eigenvalue weighted by atomic mass is 16.5. The van der Waals surface area contributed by atoms with Crippen molar-refractivity contribution in [2.45, 2.75) is 20.4 Å². The molecule has 0 bridgehead atoms. The van der Waals surface area contributed by atoms with Crippen LogP contribution in [0, 0.1) is 6.92 Å². The third kappa shape index (κ3) is 4.89. The molecule has 0 atom stereocenters.